The molecule has 0 saturated carbocycles. The molecule has 4 rings (SSSR count). The molecule has 2 amide bonds. The summed E-state index contributed by atoms with van der Waals surface area (Å²) < 4.78 is 5.40. The number of hydrogen-bond acceptors (Lipinski definition) is 3. The summed E-state index contributed by atoms with van der Waals surface area (Å²) in [6, 6.07) is 18.7. The Morgan fingerprint density at radius 1 is 1.00 bits per heavy atom. The zero-order chi connectivity index (χ0) is 18.5. The molecule has 0 unspecified atom stereocenters. The van der Waals surface area contributed by atoms with Crippen LogP contribution in [0, 0.1) is 0 Å². The standard InChI is InChI=1S/C22H27N3O2/c26-22(25-12-4-7-21(25)19-5-2-1-3-6-19)23-20-10-8-18(9-11-20)17-24-13-15-27-16-14-24/h1-3,5-6,8-11,21H,4,7,12-17H2,(H,23,26)/t21-/m0/s1. The Bertz CT molecular complexity index is 742. The highest BCUT2D eigenvalue weighted by atomic mass is 16.5. The van der Waals surface area contributed by atoms with Crippen LogP contribution in [0.5, 0.6) is 0 Å². The smallest absolute Gasteiger partial charge is 0.322 e. The highest BCUT2D eigenvalue weighted by molar-refractivity contribution is 5.89. The molecule has 2 fully saturated rings. The number of anilines is 1. The van der Waals surface area contributed by atoms with Crippen molar-refractivity contribution in [3.05, 3.63) is 65.7 Å². The second-order valence-corrected chi connectivity index (χ2v) is 7.28. The van der Waals surface area contributed by atoms with Crippen LogP contribution >= 0.6 is 0 Å². The number of nitrogens with zero attached hydrogens (tertiary/aromatic N) is 2. The Labute approximate surface area is 160 Å². The molecule has 27 heavy (non-hydrogen) atoms. The first-order chi connectivity index (χ1) is 13.3. The maximum Gasteiger partial charge on any atom is 0.322 e. The summed E-state index contributed by atoms with van der Waals surface area (Å²) in [6.07, 6.45) is 2.07. The second-order valence-electron chi connectivity index (χ2n) is 7.28. The van der Waals surface area contributed by atoms with Crippen molar-refractivity contribution in [1.29, 1.82) is 0 Å². The van der Waals surface area contributed by atoms with Crippen molar-refractivity contribution in [1.82, 2.24) is 9.80 Å². The van der Waals surface area contributed by atoms with Crippen molar-refractivity contribution in [2.75, 3.05) is 38.2 Å². The fourth-order valence-electron chi connectivity index (χ4n) is 3.94. The third-order valence-corrected chi connectivity index (χ3v) is 5.41. The van der Waals surface area contributed by atoms with E-state index in [-0.39, 0.29) is 12.1 Å². The van der Waals surface area contributed by atoms with E-state index in [0.717, 1.165) is 57.9 Å². The van der Waals surface area contributed by atoms with Gasteiger partial charge in [0.1, 0.15) is 0 Å². The summed E-state index contributed by atoms with van der Waals surface area (Å²) >= 11 is 0. The first-order valence-electron chi connectivity index (χ1n) is 9.81. The Balaban J connectivity index is 1.36. The maximum atomic E-state index is 12.8. The van der Waals surface area contributed by atoms with E-state index in [1.165, 1.54) is 11.1 Å². The number of rotatable bonds is 4. The fraction of sp³-hybridized carbons (Fsp3) is 0.409. The molecular formula is C22H27N3O2. The maximum absolute atomic E-state index is 12.8. The van der Waals surface area contributed by atoms with Crippen molar-refractivity contribution < 1.29 is 9.53 Å². The molecule has 1 N–H and O–H groups in total. The van der Waals surface area contributed by atoms with E-state index >= 15 is 0 Å². The lowest BCUT2D eigenvalue weighted by molar-refractivity contribution is 0.0342. The molecule has 5 nitrogen and oxygen atoms in total. The summed E-state index contributed by atoms with van der Waals surface area (Å²) in [5.41, 5.74) is 3.33. The molecule has 2 saturated heterocycles. The van der Waals surface area contributed by atoms with Gasteiger partial charge in [-0.15, -0.1) is 0 Å². The van der Waals surface area contributed by atoms with Crippen molar-refractivity contribution in [3.8, 4) is 0 Å². The van der Waals surface area contributed by atoms with Gasteiger partial charge in [0.2, 0.25) is 0 Å². The van der Waals surface area contributed by atoms with Gasteiger partial charge in [-0.2, -0.15) is 0 Å². The van der Waals surface area contributed by atoms with Gasteiger partial charge in [-0.1, -0.05) is 42.5 Å². The Morgan fingerprint density at radius 2 is 1.74 bits per heavy atom. The lowest BCUT2D eigenvalue weighted by atomic mass is 10.1. The van der Waals surface area contributed by atoms with Gasteiger partial charge < -0.3 is 15.0 Å². The summed E-state index contributed by atoms with van der Waals surface area (Å²) in [5, 5.41) is 3.07. The quantitative estimate of drug-likeness (QED) is 0.894. The van der Waals surface area contributed by atoms with E-state index in [0.29, 0.717) is 0 Å². The number of nitrogens with one attached hydrogen (secondary N) is 1. The molecule has 0 bridgehead atoms. The van der Waals surface area contributed by atoms with Crippen LogP contribution in [0.2, 0.25) is 0 Å². The van der Waals surface area contributed by atoms with E-state index < -0.39 is 0 Å². The van der Waals surface area contributed by atoms with Crippen LogP contribution in [-0.4, -0.2) is 48.7 Å². The predicted octanol–water partition coefficient (Wildman–Crippen LogP) is 3.89. The zero-order valence-electron chi connectivity index (χ0n) is 15.6. The van der Waals surface area contributed by atoms with Crippen LogP contribution in [0.15, 0.2) is 54.6 Å². The molecule has 0 aromatic heterocycles. The number of carbonyl (C=O) groups is 1. The third kappa shape index (κ3) is 4.49. The van der Waals surface area contributed by atoms with Gasteiger partial charge in [-0.3, -0.25) is 4.90 Å². The molecule has 2 aromatic carbocycles. The predicted molar refractivity (Wildman–Crippen MR) is 107 cm³/mol. The number of urea groups is 1. The molecule has 2 aromatic rings. The molecule has 2 aliphatic rings. The van der Waals surface area contributed by atoms with Crippen molar-refractivity contribution in [2.24, 2.45) is 0 Å². The summed E-state index contributed by atoms with van der Waals surface area (Å²) in [4.78, 5) is 17.1. The minimum absolute atomic E-state index is 0.0118. The van der Waals surface area contributed by atoms with Crippen LogP contribution in [-0.2, 0) is 11.3 Å². The molecule has 142 valence electrons. The molecule has 2 aliphatic heterocycles. The Morgan fingerprint density at radius 3 is 2.48 bits per heavy atom. The zero-order valence-corrected chi connectivity index (χ0v) is 15.6. The number of morpholine rings is 1. The highest BCUT2D eigenvalue weighted by Crippen LogP contribution is 2.32. The average Bonchev–Trinajstić information content (AvgIpc) is 3.21. The minimum atomic E-state index is -0.0118. The number of benzene rings is 2. The topological polar surface area (TPSA) is 44.8 Å². The fourth-order valence-corrected chi connectivity index (χ4v) is 3.94. The summed E-state index contributed by atoms with van der Waals surface area (Å²) in [7, 11) is 0. The van der Waals surface area contributed by atoms with Crippen LogP contribution in [0.4, 0.5) is 10.5 Å². The SMILES string of the molecule is O=C(Nc1ccc(CN2CCOCC2)cc1)N1CCC[C@H]1c1ccccc1. The normalized spacial score (nSPS) is 20.6. The van der Waals surface area contributed by atoms with Crippen LogP contribution < -0.4 is 5.32 Å². The van der Waals surface area contributed by atoms with Crippen LogP contribution in [0.25, 0.3) is 0 Å². The molecule has 1 atom stereocenters. The Kier molecular flexibility index (Phi) is 5.70. The van der Waals surface area contributed by atoms with E-state index in [9.17, 15) is 4.79 Å². The molecular weight excluding hydrogens is 338 g/mol. The van der Waals surface area contributed by atoms with Gasteiger partial charge in [0.15, 0.2) is 0 Å². The van der Waals surface area contributed by atoms with Crippen LogP contribution in [0.3, 0.4) is 0 Å². The average molecular weight is 365 g/mol. The number of carbonyl (C=O) groups excluding carboxylic acids is 1. The van der Waals surface area contributed by atoms with Crippen LogP contribution in [0.1, 0.15) is 30.0 Å². The number of hydrogen-bond donors (Lipinski definition) is 1. The first-order valence-corrected chi connectivity index (χ1v) is 9.81. The molecule has 2 heterocycles. The third-order valence-electron chi connectivity index (χ3n) is 5.41. The van der Waals surface area contributed by atoms with Gasteiger partial charge in [-0.05, 0) is 36.1 Å². The lowest BCUT2D eigenvalue weighted by Gasteiger charge is -2.27. The second kappa shape index (κ2) is 8.55. The summed E-state index contributed by atoms with van der Waals surface area (Å²) in [6.45, 7) is 5.32. The summed E-state index contributed by atoms with van der Waals surface area (Å²) in [5.74, 6) is 0. The number of likely N-dealkylation sites (tertiary alicyclic amines) is 1. The van der Waals surface area contributed by atoms with E-state index in [2.05, 4.69) is 34.5 Å². The number of ether oxygens (including phenoxy) is 1. The van der Waals surface area contributed by atoms with E-state index in [1.807, 2.05) is 35.2 Å². The molecule has 0 radical (unpaired) electrons. The van der Waals surface area contributed by atoms with Gasteiger partial charge in [-0.25, -0.2) is 4.79 Å². The van der Waals surface area contributed by atoms with Gasteiger partial charge in [0.25, 0.3) is 0 Å². The Hall–Kier alpha value is -2.37. The van der Waals surface area contributed by atoms with Gasteiger partial charge >= 0.3 is 6.03 Å². The molecule has 5 heteroatoms. The highest BCUT2D eigenvalue weighted by Gasteiger charge is 2.29. The van der Waals surface area contributed by atoms with E-state index in [1.54, 1.807) is 0 Å². The first kappa shape index (κ1) is 18.0. The monoisotopic (exact) mass is 365 g/mol. The van der Waals surface area contributed by atoms with Gasteiger partial charge in [0, 0.05) is 31.9 Å². The van der Waals surface area contributed by atoms with Gasteiger partial charge in [0.05, 0.1) is 19.3 Å². The largest absolute Gasteiger partial charge is 0.379 e. The lowest BCUT2D eigenvalue weighted by Crippen LogP contribution is -2.35. The van der Waals surface area contributed by atoms with Crippen molar-refractivity contribution in [3.63, 3.8) is 0 Å². The van der Waals surface area contributed by atoms with Crippen molar-refractivity contribution in [2.45, 2.75) is 25.4 Å². The molecule has 0 aliphatic carbocycles. The minimum Gasteiger partial charge on any atom is -0.379 e. The molecule has 0 spiro atoms. The number of amides is 2. The van der Waals surface area contributed by atoms with E-state index in [4.69, 9.17) is 4.74 Å². The van der Waals surface area contributed by atoms with Crippen molar-refractivity contribution >= 4 is 11.7 Å².